The Morgan fingerprint density at radius 1 is 1.33 bits per heavy atom. The van der Waals surface area contributed by atoms with Crippen molar-refractivity contribution < 1.29 is 14.4 Å². The molecule has 6 nitrogen and oxygen atoms in total. The molecule has 0 bridgehead atoms. The number of phenolic OH excluding ortho intramolecular Hbond substituents is 1. The number of aromatic hydroxyl groups is 1. The maximum Gasteiger partial charge on any atom is 0.243 e. The van der Waals surface area contributed by atoms with Crippen LogP contribution >= 0.6 is 0 Å². The van der Waals surface area contributed by atoms with Crippen LogP contribution < -0.4 is 5.73 Å². The molecule has 2 atom stereocenters. The molecule has 1 unspecified atom stereocenters. The monoisotopic (exact) mass is 291 g/mol. The Hall–Kier alpha value is -1.92. The van der Waals surface area contributed by atoms with Gasteiger partial charge in [0.15, 0.2) is 0 Å². The molecule has 0 aliphatic heterocycles. The molecule has 1 heterocycles. The minimum Gasteiger partial charge on any atom is -0.508 e. The zero-order valence-corrected chi connectivity index (χ0v) is 12.3. The normalized spacial score (nSPS) is 14.0. The van der Waals surface area contributed by atoms with Crippen LogP contribution in [-0.4, -0.2) is 22.4 Å². The van der Waals surface area contributed by atoms with Gasteiger partial charge in [-0.3, -0.25) is 0 Å². The van der Waals surface area contributed by atoms with Crippen molar-refractivity contribution in [3.63, 3.8) is 0 Å². The van der Waals surface area contributed by atoms with Gasteiger partial charge in [-0.25, -0.2) is 0 Å². The summed E-state index contributed by atoms with van der Waals surface area (Å²) in [6.45, 7) is 2.07. The second-order valence-corrected chi connectivity index (χ2v) is 4.98. The summed E-state index contributed by atoms with van der Waals surface area (Å²) < 4.78 is 10.6. The van der Waals surface area contributed by atoms with Crippen LogP contribution in [0.4, 0.5) is 0 Å². The van der Waals surface area contributed by atoms with Gasteiger partial charge in [0.05, 0.1) is 6.04 Å². The van der Waals surface area contributed by atoms with Gasteiger partial charge in [-0.2, -0.15) is 4.98 Å². The predicted molar refractivity (Wildman–Crippen MR) is 77.7 cm³/mol. The number of aromatic nitrogens is 2. The van der Waals surface area contributed by atoms with E-state index in [1.165, 1.54) is 0 Å². The summed E-state index contributed by atoms with van der Waals surface area (Å²) in [6, 6.07) is 6.52. The van der Waals surface area contributed by atoms with Gasteiger partial charge in [-0.1, -0.05) is 30.6 Å². The lowest BCUT2D eigenvalue weighted by Crippen LogP contribution is -2.14. The third-order valence-corrected chi connectivity index (χ3v) is 3.29. The summed E-state index contributed by atoms with van der Waals surface area (Å²) in [7, 11) is 1.63. The van der Waals surface area contributed by atoms with E-state index in [9.17, 15) is 5.11 Å². The molecular weight excluding hydrogens is 270 g/mol. The molecule has 2 aromatic rings. The molecule has 1 aromatic carbocycles. The molecule has 21 heavy (non-hydrogen) atoms. The quantitative estimate of drug-likeness (QED) is 0.814. The number of nitrogens with two attached hydrogens (primary N) is 1. The van der Waals surface area contributed by atoms with E-state index < -0.39 is 0 Å². The molecule has 0 saturated carbocycles. The largest absolute Gasteiger partial charge is 0.508 e. The first-order valence-corrected chi connectivity index (χ1v) is 7.03. The van der Waals surface area contributed by atoms with Crippen molar-refractivity contribution in [1.29, 1.82) is 0 Å². The Labute approximate surface area is 123 Å². The Morgan fingerprint density at radius 3 is 2.67 bits per heavy atom. The fourth-order valence-electron chi connectivity index (χ4n) is 2.12. The molecule has 114 valence electrons. The van der Waals surface area contributed by atoms with Crippen molar-refractivity contribution in [2.45, 2.75) is 38.3 Å². The molecule has 0 spiro atoms. The van der Waals surface area contributed by atoms with Crippen molar-refractivity contribution in [2.75, 3.05) is 7.11 Å². The Bertz CT molecular complexity index is 554. The number of phenols is 1. The van der Waals surface area contributed by atoms with E-state index in [0.29, 0.717) is 18.1 Å². The topological polar surface area (TPSA) is 94.4 Å². The molecule has 6 heteroatoms. The lowest BCUT2D eigenvalue weighted by atomic mass is 10.1. The van der Waals surface area contributed by atoms with Crippen molar-refractivity contribution in [2.24, 2.45) is 5.73 Å². The smallest absolute Gasteiger partial charge is 0.243 e. The van der Waals surface area contributed by atoms with Crippen LogP contribution in [0.2, 0.25) is 0 Å². The summed E-state index contributed by atoms with van der Waals surface area (Å²) in [5.41, 5.74) is 7.09. The summed E-state index contributed by atoms with van der Waals surface area (Å²) >= 11 is 0. The van der Waals surface area contributed by atoms with Crippen molar-refractivity contribution >= 4 is 0 Å². The molecule has 2 rings (SSSR count). The van der Waals surface area contributed by atoms with Crippen LogP contribution in [0.25, 0.3) is 0 Å². The summed E-state index contributed by atoms with van der Waals surface area (Å²) in [5, 5.41) is 13.2. The molecule has 1 aromatic heterocycles. The van der Waals surface area contributed by atoms with E-state index in [0.717, 1.165) is 18.4 Å². The highest BCUT2D eigenvalue weighted by molar-refractivity contribution is 5.26. The van der Waals surface area contributed by atoms with Crippen molar-refractivity contribution in [3.05, 3.63) is 41.5 Å². The van der Waals surface area contributed by atoms with Crippen molar-refractivity contribution in [3.8, 4) is 5.75 Å². The van der Waals surface area contributed by atoms with Crippen molar-refractivity contribution in [1.82, 2.24) is 10.1 Å². The molecule has 0 radical (unpaired) electrons. The zero-order valence-electron chi connectivity index (χ0n) is 12.3. The van der Waals surface area contributed by atoms with E-state index in [-0.39, 0.29) is 17.9 Å². The number of rotatable bonds is 7. The maximum atomic E-state index is 9.26. The van der Waals surface area contributed by atoms with E-state index >= 15 is 0 Å². The maximum absolute atomic E-state index is 9.26. The zero-order chi connectivity index (χ0) is 15.2. The Morgan fingerprint density at radius 2 is 2.05 bits per heavy atom. The second-order valence-electron chi connectivity index (χ2n) is 4.98. The van der Waals surface area contributed by atoms with E-state index in [1.807, 2.05) is 12.1 Å². The standard InChI is InChI=1S/C15H21N3O3/c1-3-4-13(20-2)14-17-15(21-18-14)12(16)9-10-5-7-11(19)8-6-10/h5-8,12-13,19H,3-4,9,16H2,1-2H3/t12-,13?/m0/s1. The average Bonchev–Trinajstić information content (AvgIpc) is 2.97. The molecule has 0 aliphatic rings. The highest BCUT2D eigenvalue weighted by atomic mass is 16.5. The first kappa shape index (κ1) is 15.5. The van der Waals surface area contributed by atoms with Gasteiger partial charge in [0.1, 0.15) is 11.9 Å². The lowest BCUT2D eigenvalue weighted by molar-refractivity contribution is 0.0854. The van der Waals surface area contributed by atoms with Gasteiger partial charge in [-0.15, -0.1) is 0 Å². The highest BCUT2D eigenvalue weighted by Crippen LogP contribution is 2.22. The molecule has 0 fully saturated rings. The molecule has 0 aliphatic carbocycles. The van der Waals surface area contributed by atoms with Crippen LogP contribution in [0.3, 0.4) is 0 Å². The number of ether oxygens (including phenoxy) is 1. The lowest BCUT2D eigenvalue weighted by Gasteiger charge is -2.09. The minimum atomic E-state index is -0.380. The van der Waals surface area contributed by atoms with Crippen LogP contribution in [0, 0.1) is 0 Å². The predicted octanol–water partition coefficient (Wildman–Crippen LogP) is 2.51. The van der Waals surface area contributed by atoms with Crippen LogP contribution in [0.1, 0.15) is 49.2 Å². The molecular formula is C15H21N3O3. The van der Waals surface area contributed by atoms with Gasteiger partial charge in [0, 0.05) is 7.11 Å². The summed E-state index contributed by atoms with van der Waals surface area (Å²) in [5.74, 6) is 1.17. The summed E-state index contributed by atoms with van der Waals surface area (Å²) in [4.78, 5) is 4.34. The Kier molecular flexibility index (Phi) is 5.30. The van der Waals surface area contributed by atoms with Gasteiger partial charge in [0.2, 0.25) is 11.7 Å². The van der Waals surface area contributed by atoms with Crippen LogP contribution in [-0.2, 0) is 11.2 Å². The van der Waals surface area contributed by atoms with E-state index in [1.54, 1.807) is 19.2 Å². The molecule has 3 N–H and O–H groups in total. The first-order valence-electron chi connectivity index (χ1n) is 7.03. The minimum absolute atomic E-state index is 0.159. The van der Waals surface area contributed by atoms with E-state index in [2.05, 4.69) is 17.1 Å². The third kappa shape index (κ3) is 4.03. The van der Waals surface area contributed by atoms with Gasteiger partial charge < -0.3 is 20.1 Å². The van der Waals surface area contributed by atoms with E-state index in [4.69, 9.17) is 15.0 Å². The number of nitrogens with zero attached hydrogens (tertiary/aromatic N) is 2. The summed E-state index contributed by atoms with van der Waals surface area (Å²) in [6.07, 6.45) is 2.21. The fraction of sp³-hybridized carbons (Fsp3) is 0.467. The SMILES string of the molecule is CCCC(OC)c1noc([C@@H](N)Cc2ccc(O)cc2)n1. The number of hydrogen-bond donors (Lipinski definition) is 2. The number of hydrogen-bond acceptors (Lipinski definition) is 6. The van der Waals surface area contributed by atoms with Gasteiger partial charge >= 0.3 is 0 Å². The fourth-order valence-corrected chi connectivity index (χ4v) is 2.12. The second kappa shape index (κ2) is 7.19. The van der Waals surface area contributed by atoms with Crippen LogP contribution in [0.15, 0.2) is 28.8 Å². The Balaban J connectivity index is 2.04. The highest BCUT2D eigenvalue weighted by Gasteiger charge is 2.20. The molecule has 0 saturated heterocycles. The average molecular weight is 291 g/mol. The first-order chi connectivity index (χ1) is 10.1. The van der Waals surface area contributed by atoms with Gasteiger partial charge in [0.25, 0.3) is 0 Å². The molecule has 0 amide bonds. The number of methoxy groups -OCH3 is 1. The van der Waals surface area contributed by atoms with Crippen LogP contribution in [0.5, 0.6) is 5.75 Å². The van der Waals surface area contributed by atoms with Gasteiger partial charge in [-0.05, 0) is 30.5 Å². The number of benzene rings is 1. The third-order valence-electron chi connectivity index (χ3n) is 3.29.